The van der Waals surface area contributed by atoms with Gasteiger partial charge in [-0.3, -0.25) is 20.2 Å². The fraction of sp³-hybridized carbons (Fsp3) is 0.100. The monoisotopic (exact) mass is 297 g/mol. The Bertz CT molecular complexity index is 656. The molecule has 0 aliphatic carbocycles. The van der Waals surface area contributed by atoms with Gasteiger partial charge in [-0.15, -0.1) is 0 Å². The number of rotatable bonds is 4. The van der Waals surface area contributed by atoms with E-state index in [0.717, 1.165) is 34.9 Å². The summed E-state index contributed by atoms with van der Waals surface area (Å²) in [6, 6.07) is 4.83. The quantitative estimate of drug-likeness (QED) is 0.633. The average Bonchev–Trinajstić information content (AvgIpc) is 2.80. The molecule has 0 saturated carbocycles. The molecular formula is C10H7N3O4S2. The molecule has 0 unspecified atom stereocenters. The summed E-state index contributed by atoms with van der Waals surface area (Å²) < 4.78 is 0.402. The molecule has 9 heteroatoms. The van der Waals surface area contributed by atoms with Gasteiger partial charge in [0, 0.05) is 6.07 Å². The maximum Gasteiger partial charge on any atom is 0.344 e. The summed E-state index contributed by atoms with van der Waals surface area (Å²) in [5.74, 6) is 0. The SMILES string of the molecule is Cc1ccc(Sc2ncc([N+](=O)[O-])s2)c([N+](=O)[O-])c1. The van der Waals surface area contributed by atoms with Crippen LogP contribution in [0.2, 0.25) is 0 Å². The van der Waals surface area contributed by atoms with Gasteiger partial charge in [0.05, 0.1) is 14.7 Å². The zero-order valence-corrected chi connectivity index (χ0v) is 11.2. The van der Waals surface area contributed by atoms with E-state index in [-0.39, 0.29) is 10.7 Å². The van der Waals surface area contributed by atoms with Crippen molar-refractivity contribution in [2.45, 2.75) is 16.2 Å². The molecule has 0 bridgehead atoms. The summed E-state index contributed by atoms with van der Waals surface area (Å²) in [4.78, 5) is 24.8. The maximum atomic E-state index is 10.9. The van der Waals surface area contributed by atoms with Crippen LogP contribution in [0, 0.1) is 27.2 Å². The molecule has 7 nitrogen and oxygen atoms in total. The third-order valence-electron chi connectivity index (χ3n) is 2.16. The van der Waals surface area contributed by atoms with Crippen molar-refractivity contribution < 1.29 is 9.85 Å². The van der Waals surface area contributed by atoms with Crippen LogP contribution in [0.5, 0.6) is 0 Å². The molecule has 0 N–H and O–H groups in total. The Labute approximate surface area is 115 Å². The van der Waals surface area contributed by atoms with Crippen LogP contribution >= 0.6 is 23.1 Å². The van der Waals surface area contributed by atoms with Crippen LogP contribution in [0.25, 0.3) is 0 Å². The minimum absolute atomic E-state index is 0.0251. The molecule has 2 rings (SSSR count). The lowest BCUT2D eigenvalue weighted by Crippen LogP contribution is -1.91. The van der Waals surface area contributed by atoms with Crippen molar-refractivity contribution in [3.05, 3.63) is 50.2 Å². The Morgan fingerprint density at radius 3 is 2.58 bits per heavy atom. The van der Waals surface area contributed by atoms with E-state index >= 15 is 0 Å². The summed E-state index contributed by atoms with van der Waals surface area (Å²) in [5.41, 5.74) is 0.754. The highest BCUT2D eigenvalue weighted by Crippen LogP contribution is 2.38. The number of aryl methyl sites for hydroxylation is 1. The van der Waals surface area contributed by atoms with Gasteiger partial charge in [-0.25, -0.2) is 4.98 Å². The molecule has 0 radical (unpaired) electrons. The van der Waals surface area contributed by atoms with Crippen LogP contribution in [0.4, 0.5) is 10.7 Å². The van der Waals surface area contributed by atoms with Gasteiger partial charge in [-0.05, 0) is 29.9 Å². The standard InChI is InChI=1S/C10H7N3O4S2/c1-6-2-3-8(7(4-6)12(14)15)18-10-11-5-9(19-10)13(16)17/h2-5H,1H3. The number of thiazole rings is 1. The van der Waals surface area contributed by atoms with Crippen LogP contribution in [0.15, 0.2) is 33.6 Å². The molecule has 0 saturated heterocycles. The number of hydrogen-bond acceptors (Lipinski definition) is 7. The van der Waals surface area contributed by atoms with E-state index in [9.17, 15) is 20.2 Å². The molecule has 1 heterocycles. The van der Waals surface area contributed by atoms with E-state index in [0.29, 0.717) is 9.24 Å². The maximum absolute atomic E-state index is 10.9. The van der Waals surface area contributed by atoms with Crippen molar-refractivity contribution in [3.63, 3.8) is 0 Å². The molecule has 0 atom stereocenters. The zero-order chi connectivity index (χ0) is 14.0. The topological polar surface area (TPSA) is 99.2 Å². The first kappa shape index (κ1) is 13.4. The van der Waals surface area contributed by atoms with E-state index < -0.39 is 9.85 Å². The number of aromatic nitrogens is 1. The second kappa shape index (κ2) is 5.33. The normalized spacial score (nSPS) is 10.4. The van der Waals surface area contributed by atoms with Crippen molar-refractivity contribution in [1.29, 1.82) is 0 Å². The number of benzene rings is 1. The Balaban J connectivity index is 2.32. The van der Waals surface area contributed by atoms with Gasteiger partial charge < -0.3 is 0 Å². The highest BCUT2D eigenvalue weighted by molar-refractivity contribution is 8.01. The van der Waals surface area contributed by atoms with Crippen LogP contribution < -0.4 is 0 Å². The third kappa shape index (κ3) is 3.06. The summed E-state index contributed by atoms with van der Waals surface area (Å²) in [6.07, 6.45) is 1.15. The minimum Gasteiger partial charge on any atom is -0.258 e. The molecular weight excluding hydrogens is 290 g/mol. The van der Waals surface area contributed by atoms with E-state index in [4.69, 9.17) is 0 Å². The predicted molar refractivity (Wildman–Crippen MR) is 70.7 cm³/mol. The number of nitrogens with zero attached hydrogens (tertiary/aromatic N) is 3. The van der Waals surface area contributed by atoms with Crippen molar-refractivity contribution in [2.24, 2.45) is 0 Å². The van der Waals surface area contributed by atoms with Crippen molar-refractivity contribution in [2.75, 3.05) is 0 Å². The van der Waals surface area contributed by atoms with Gasteiger partial charge in [0.15, 0.2) is 4.34 Å². The van der Waals surface area contributed by atoms with Gasteiger partial charge in [-0.1, -0.05) is 17.8 Å². The first-order valence-corrected chi connectivity index (χ1v) is 6.64. The summed E-state index contributed by atoms with van der Waals surface area (Å²) in [7, 11) is 0. The summed E-state index contributed by atoms with van der Waals surface area (Å²) >= 11 is 1.94. The lowest BCUT2D eigenvalue weighted by molar-refractivity contribution is -0.387. The molecule has 98 valence electrons. The first-order valence-electron chi connectivity index (χ1n) is 5.00. The van der Waals surface area contributed by atoms with E-state index in [2.05, 4.69) is 4.98 Å². The van der Waals surface area contributed by atoms with Crippen LogP contribution in [0.1, 0.15) is 5.56 Å². The lowest BCUT2D eigenvalue weighted by Gasteiger charge is -2.00. The largest absolute Gasteiger partial charge is 0.344 e. The van der Waals surface area contributed by atoms with Gasteiger partial charge in [0.2, 0.25) is 0 Å². The molecule has 0 fully saturated rings. The van der Waals surface area contributed by atoms with Crippen molar-refractivity contribution in [3.8, 4) is 0 Å². The molecule has 0 aliphatic rings. The van der Waals surface area contributed by atoms with E-state index in [1.165, 1.54) is 6.07 Å². The highest BCUT2D eigenvalue weighted by Gasteiger charge is 2.18. The molecule has 19 heavy (non-hydrogen) atoms. The Hall–Kier alpha value is -2.00. The van der Waals surface area contributed by atoms with Crippen molar-refractivity contribution >= 4 is 33.8 Å². The molecule has 1 aromatic carbocycles. The van der Waals surface area contributed by atoms with Gasteiger partial charge in [0.25, 0.3) is 5.69 Å². The third-order valence-corrected chi connectivity index (χ3v) is 4.25. The van der Waals surface area contributed by atoms with E-state index in [1.54, 1.807) is 19.1 Å². The number of hydrogen-bond donors (Lipinski definition) is 0. The molecule has 0 amide bonds. The predicted octanol–water partition coefficient (Wildman–Crippen LogP) is 3.42. The van der Waals surface area contributed by atoms with Gasteiger partial charge in [-0.2, -0.15) is 0 Å². The molecule has 0 spiro atoms. The summed E-state index contributed by atoms with van der Waals surface area (Å²) in [5, 5.41) is 21.4. The Morgan fingerprint density at radius 1 is 1.26 bits per heavy atom. The van der Waals surface area contributed by atoms with Gasteiger partial charge in [0.1, 0.15) is 6.20 Å². The second-order valence-corrected chi connectivity index (χ2v) is 5.85. The smallest absolute Gasteiger partial charge is 0.258 e. The number of nitro benzene ring substituents is 1. The number of nitro groups is 2. The average molecular weight is 297 g/mol. The fourth-order valence-electron chi connectivity index (χ4n) is 1.33. The summed E-state index contributed by atoms with van der Waals surface area (Å²) in [6.45, 7) is 1.76. The van der Waals surface area contributed by atoms with Gasteiger partial charge >= 0.3 is 5.00 Å². The molecule has 2 aromatic rings. The fourth-order valence-corrected chi connectivity index (χ4v) is 3.16. The van der Waals surface area contributed by atoms with Crippen LogP contribution in [-0.4, -0.2) is 14.8 Å². The minimum atomic E-state index is -0.536. The zero-order valence-electron chi connectivity index (χ0n) is 9.60. The Kier molecular flexibility index (Phi) is 3.76. The Morgan fingerprint density at radius 2 is 2.00 bits per heavy atom. The van der Waals surface area contributed by atoms with Crippen molar-refractivity contribution in [1.82, 2.24) is 4.98 Å². The highest BCUT2D eigenvalue weighted by atomic mass is 32.2. The van der Waals surface area contributed by atoms with Crippen LogP contribution in [-0.2, 0) is 0 Å². The second-order valence-electron chi connectivity index (χ2n) is 3.55. The lowest BCUT2D eigenvalue weighted by atomic mass is 10.2. The van der Waals surface area contributed by atoms with E-state index in [1.807, 2.05) is 0 Å². The molecule has 1 aromatic heterocycles. The first-order chi connectivity index (χ1) is 8.97. The molecule has 0 aliphatic heterocycles. The van der Waals surface area contributed by atoms with Crippen LogP contribution in [0.3, 0.4) is 0 Å².